The maximum absolute atomic E-state index is 9.03. The van der Waals surface area contributed by atoms with Crippen LogP contribution in [0, 0.1) is 11.3 Å². The van der Waals surface area contributed by atoms with Crippen LogP contribution in [-0.2, 0) is 0 Å². The monoisotopic (exact) mass is 307 g/mol. The van der Waals surface area contributed by atoms with Crippen molar-refractivity contribution in [1.29, 1.82) is 5.26 Å². The Kier molecular flexibility index (Phi) is 4.26. The Hall–Kier alpha value is -1.05. The number of likely N-dealkylation sites (N-methyl/N-ethyl adjacent to an activating group) is 1. The Bertz CT molecular complexity index is 465. The standard InChI is InChI=1S/C14H18BrN3/c1-17(2)13-4-3-5-18(10-13)14-7-11(9-16)6-12(15)8-14/h6-8,13H,3-5,10H2,1-2H3. The van der Waals surface area contributed by atoms with Crippen molar-refractivity contribution < 1.29 is 0 Å². The van der Waals surface area contributed by atoms with Crippen molar-refractivity contribution in [3.63, 3.8) is 0 Å². The summed E-state index contributed by atoms with van der Waals surface area (Å²) in [5, 5.41) is 9.03. The van der Waals surface area contributed by atoms with Crippen LogP contribution in [0.4, 0.5) is 5.69 Å². The first kappa shape index (κ1) is 13.4. The van der Waals surface area contributed by atoms with E-state index in [1.54, 1.807) is 0 Å². The molecule has 1 aliphatic rings. The summed E-state index contributed by atoms with van der Waals surface area (Å²) >= 11 is 3.48. The molecule has 0 radical (unpaired) electrons. The zero-order chi connectivity index (χ0) is 13.1. The quantitative estimate of drug-likeness (QED) is 0.841. The van der Waals surface area contributed by atoms with Gasteiger partial charge in [-0.25, -0.2) is 0 Å². The zero-order valence-electron chi connectivity index (χ0n) is 10.9. The molecule has 0 spiro atoms. The first-order valence-electron chi connectivity index (χ1n) is 6.22. The van der Waals surface area contributed by atoms with Gasteiger partial charge in [0.25, 0.3) is 0 Å². The smallest absolute Gasteiger partial charge is 0.0992 e. The number of benzene rings is 1. The molecule has 0 aromatic heterocycles. The summed E-state index contributed by atoms with van der Waals surface area (Å²) in [4.78, 5) is 4.66. The van der Waals surface area contributed by atoms with Crippen molar-refractivity contribution in [2.45, 2.75) is 18.9 Å². The van der Waals surface area contributed by atoms with Crippen LogP contribution in [0.2, 0.25) is 0 Å². The molecule has 0 bridgehead atoms. The van der Waals surface area contributed by atoms with Crippen molar-refractivity contribution in [1.82, 2.24) is 4.90 Å². The van der Waals surface area contributed by atoms with Gasteiger partial charge in [-0.2, -0.15) is 5.26 Å². The average Bonchev–Trinajstić information content (AvgIpc) is 2.38. The second-order valence-electron chi connectivity index (χ2n) is 5.02. The third-order valence-electron chi connectivity index (χ3n) is 3.50. The Morgan fingerprint density at radius 2 is 2.17 bits per heavy atom. The van der Waals surface area contributed by atoms with Crippen LogP contribution in [0.1, 0.15) is 18.4 Å². The van der Waals surface area contributed by atoms with Gasteiger partial charge in [-0.1, -0.05) is 15.9 Å². The topological polar surface area (TPSA) is 30.3 Å². The molecule has 0 amide bonds. The molecule has 1 aliphatic heterocycles. The van der Waals surface area contributed by atoms with Gasteiger partial charge >= 0.3 is 0 Å². The van der Waals surface area contributed by atoms with E-state index < -0.39 is 0 Å². The molecule has 1 saturated heterocycles. The molecule has 18 heavy (non-hydrogen) atoms. The van der Waals surface area contributed by atoms with E-state index in [1.807, 2.05) is 12.1 Å². The van der Waals surface area contributed by atoms with Gasteiger partial charge in [-0.05, 0) is 45.1 Å². The lowest BCUT2D eigenvalue weighted by atomic mass is 10.0. The van der Waals surface area contributed by atoms with E-state index in [0.29, 0.717) is 11.6 Å². The highest BCUT2D eigenvalue weighted by Crippen LogP contribution is 2.26. The molecule has 1 aromatic rings. The van der Waals surface area contributed by atoms with Crippen LogP contribution in [0.25, 0.3) is 0 Å². The fourth-order valence-electron chi connectivity index (χ4n) is 2.43. The van der Waals surface area contributed by atoms with Crippen LogP contribution in [0.3, 0.4) is 0 Å². The predicted molar refractivity (Wildman–Crippen MR) is 77.8 cm³/mol. The molecule has 3 nitrogen and oxygen atoms in total. The van der Waals surface area contributed by atoms with E-state index >= 15 is 0 Å². The van der Waals surface area contributed by atoms with Crippen molar-refractivity contribution in [3.05, 3.63) is 28.2 Å². The molecule has 96 valence electrons. The predicted octanol–water partition coefficient (Wildman–Crippen LogP) is 2.85. The number of piperidine rings is 1. The Balaban J connectivity index is 2.21. The molecule has 1 heterocycles. The fraction of sp³-hybridized carbons (Fsp3) is 0.500. The van der Waals surface area contributed by atoms with E-state index in [2.05, 4.69) is 52.0 Å². The summed E-state index contributed by atoms with van der Waals surface area (Å²) in [6, 6.07) is 8.74. The number of hydrogen-bond acceptors (Lipinski definition) is 3. The van der Waals surface area contributed by atoms with Crippen LogP contribution < -0.4 is 4.90 Å². The summed E-state index contributed by atoms with van der Waals surface area (Å²) in [5.74, 6) is 0. The Morgan fingerprint density at radius 3 is 2.83 bits per heavy atom. The molecular weight excluding hydrogens is 290 g/mol. The highest BCUT2D eigenvalue weighted by molar-refractivity contribution is 9.10. The van der Waals surface area contributed by atoms with E-state index in [0.717, 1.165) is 23.2 Å². The Labute approximate surface area is 117 Å². The lowest BCUT2D eigenvalue weighted by Gasteiger charge is -2.37. The van der Waals surface area contributed by atoms with Gasteiger partial charge in [-0.3, -0.25) is 0 Å². The molecule has 1 atom stereocenters. The second kappa shape index (κ2) is 5.73. The van der Waals surface area contributed by atoms with Crippen molar-refractivity contribution in [2.24, 2.45) is 0 Å². The number of nitriles is 1. The van der Waals surface area contributed by atoms with E-state index in [4.69, 9.17) is 5.26 Å². The lowest BCUT2D eigenvalue weighted by Crippen LogP contribution is -2.45. The van der Waals surface area contributed by atoms with Crippen molar-refractivity contribution >= 4 is 21.6 Å². The number of halogens is 1. The summed E-state index contributed by atoms with van der Waals surface area (Å²) in [7, 11) is 4.27. The number of nitrogens with zero attached hydrogens (tertiary/aromatic N) is 3. The molecule has 1 unspecified atom stereocenters. The van der Waals surface area contributed by atoms with Gasteiger partial charge in [-0.15, -0.1) is 0 Å². The van der Waals surface area contributed by atoms with Gasteiger partial charge in [0.2, 0.25) is 0 Å². The highest BCUT2D eigenvalue weighted by Gasteiger charge is 2.21. The third kappa shape index (κ3) is 3.04. The van der Waals surface area contributed by atoms with Gasteiger partial charge in [0.1, 0.15) is 0 Å². The Morgan fingerprint density at radius 1 is 1.39 bits per heavy atom. The zero-order valence-corrected chi connectivity index (χ0v) is 12.4. The summed E-state index contributed by atoms with van der Waals surface area (Å²) < 4.78 is 0.975. The largest absolute Gasteiger partial charge is 0.370 e. The minimum atomic E-state index is 0.600. The van der Waals surface area contributed by atoms with E-state index in [1.165, 1.54) is 12.8 Å². The summed E-state index contributed by atoms with van der Waals surface area (Å²) in [6.45, 7) is 2.11. The first-order chi connectivity index (χ1) is 8.60. The maximum atomic E-state index is 9.03. The van der Waals surface area contributed by atoms with Crippen molar-refractivity contribution in [3.8, 4) is 6.07 Å². The van der Waals surface area contributed by atoms with Crippen LogP contribution in [0.15, 0.2) is 22.7 Å². The molecule has 0 saturated carbocycles. The highest BCUT2D eigenvalue weighted by atomic mass is 79.9. The van der Waals surface area contributed by atoms with Crippen LogP contribution in [-0.4, -0.2) is 38.1 Å². The maximum Gasteiger partial charge on any atom is 0.0992 e. The van der Waals surface area contributed by atoms with Crippen LogP contribution in [0.5, 0.6) is 0 Å². The SMILES string of the molecule is CN(C)C1CCCN(c2cc(Br)cc(C#N)c2)C1. The molecule has 2 rings (SSSR count). The number of hydrogen-bond donors (Lipinski definition) is 0. The molecule has 0 aliphatic carbocycles. The molecule has 1 fully saturated rings. The van der Waals surface area contributed by atoms with E-state index in [9.17, 15) is 0 Å². The molecule has 1 aromatic carbocycles. The first-order valence-corrected chi connectivity index (χ1v) is 7.01. The average molecular weight is 308 g/mol. The van der Waals surface area contributed by atoms with Gasteiger partial charge in [0.15, 0.2) is 0 Å². The van der Waals surface area contributed by atoms with E-state index in [-0.39, 0.29) is 0 Å². The minimum absolute atomic E-state index is 0.600. The summed E-state index contributed by atoms with van der Waals surface area (Å²) in [5.41, 5.74) is 1.86. The van der Waals surface area contributed by atoms with Crippen molar-refractivity contribution in [2.75, 3.05) is 32.1 Å². The lowest BCUT2D eigenvalue weighted by molar-refractivity contribution is 0.258. The summed E-state index contributed by atoms with van der Waals surface area (Å²) in [6.07, 6.45) is 2.46. The molecular formula is C14H18BrN3. The molecule has 4 heteroatoms. The van der Waals surface area contributed by atoms with Gasteiger partial charge in [0.05, 0.1) is 11.6 Å². The van der Waals surface area contributed by atoms with Crippen LogP contribution >= 0.6 is 15.9 Å². The second-order valence-corrected chi connectivity index (χ2v) is 5.93. The number of rotatable bonds is 2. The third-order valence-corrected chi connectivity index (χ3v) is 3.96. The number of anilines is 1. The van der Waals surface area contributed by atoms with Gasteiger partial charge in [0, 0.05) is 29.3 Å². The molecule has 0 N–H and O–H groups in total. The minimum Gasteiger partial charge on any atom is -0.370 e. The normalized spacial score (nSPS) is 19.9. The van der Waals surface area contributed by atoms with Gasteiger partial charge < -0.3 is 9.80 Å². The fourth-order valence-corrected chi connectivity index (χ4v) is 2.91.